The van der Waals surface area contributed by atoms with Gasteiger partial charge in [-0.25, -0.2) is 0 Å². The Balaban J connectivity index is 2.28. The van der Waals surface area contributed by atoms with E-state index in [-0.39, 0.29) is 12.1 Å². The first kappa shape index (κ1) is 6.05. The Morgan fingerprint density at radius 2 is 1.25 bits per heavy atom. The molecule has 2 N–H and O–H groups in total. The molecule has 0 aromatic carbocycles. The van der Waals surface area contributed by atoms with E-state index in [1.807, 2.05) is 0 Å². The standard InChI is InChI=1S/C6H12N2/c7-5-3-1-2-4-6(5)8/h5-8H,1-4H2. The smallest absolute Gasteiger partial charge is 0.0380 e. The van der Waals surface area contributed by atoms with E-state index < -0.39 is 0 Å². The maximum absolute atomic E-state index is 7.29. The van der Waals surface area contributed by atoms with Gasteiger partial charge >= 0.3 is 0 Å². The van der Waals surface area contributed by atoms with Crippen molar-refractivity contribution in [2.75, 3.05) is 0 Å². The Bertz CT molecular complexity index is 62.9. The molecule has 0 amide bonds. The number of rotatable bonds is 0. The molecule has 1 aliphatic carbocycles. The zero-order chi connectivity index (χ0) is 5.98. The summed E-state index contributed by atoms with van der Waals surface area (Å²) in [5.41, 5.74) is 14.6. The highest BCUT2D eigenvalue weighted by atomic mass is 14.8. The van der Waals surface area contributed by atoms with Gasteiger partial charge in [-0.15, -0.1) is 0 Å². The summed E-state index contributed by atoms with van der Waals surface area (Å²) in [4.78, 5) is 0. The van der Waals surface area contributed by atoms with E-state index in [0.29, 0.717) is 0 Å². The average molecular weight is 112 g/mol. The fourth-order valence-electron chi connectivity index (χ4n) is 1.13. The second-order valence-corrected chi connectivity index (χ2v) is 2.50. The summed E-state index contributed by atoms with van der Waals surface area (Å²) < 4.78 is 0. The fraction of sp³-hybridized carbons (Fsp3) is 1.00. The Morgan fingerprint density at radius 3 is 1.50 bits per heavy atom. The topological polar surface area (TPSA) is 47.6 Å². The first-order chi connectivity index (χ1) is 3.80. The molecule has 2 radical (unpaired) electrons. The zero-order valence-corrected chi connectivity index (χ0v) is 4.98. The summed E-state index contributed by atoms with van der Waals surface area (Å²) in [5, 5.41) is 0. The quantitative estimate of drug-likeness (QED) is 0.446. The van der Waals surface area contributed by atoms with Crippen molar-refractivity contribution in [3.05, 3.63) is 0 Å². The van der Waals surface area contributed by atoms with Gasteiger partial charge in [-0.05, 0) is 12.8 Å². The highest BCUT2D eigenvalue weighted by molar-refractivity contribution is 4.78. The van der Waals surface area contributed by atoms with E-state index in [1.165, 1.54) is 12.8 Å². The lowest BCUT2D eigenvalue weighted by molar-refractivity contribution is 0.369. The maximum Gasteiger partial charge on any atom is 0.0380 e. The minimum absolute atomic E-state index is 0.0799. The van der Waals surface area contributed by atoms with Gasteiger partial charge < -0.3 is 0 Å². The molecule has 0 aromatic heterocycles. The van der Waals surface area contributed by atoms with Gasteiger partial charge in [0, 0.05) is 12.1 Å². The van der Waals surface area contributed by atoms with Crippen molar-refractivity contribution >= 4 is 0 Å². The maximum atomic E-state index is 7.29. The van der Waals surface area contributed by atoms with Gasteiger partial charge in [-0.1, -0.05) is 12.8 Å². The molecule has 0 heterocycles. The van der Waals surface area contributed by atoms with E-state index in [4.69, 9.17) is 11.5 Å². The van der Waals surface area contributed by atoms with Gasteiger partial charge in [-0.2, -0.15) is 0 Å². The molecule has 8 heavy (non-hydrogen) atoms. The lowest BCUT2D eigenvalue weighted by atomic mass is 9.92. The molecular formula is C6H12N2. The highest BCUT2D eigenvalue weighted by Gasteiger charge is 2.18. The van der Waals surface area contributed by atoms with E-state index in [0.717, 1.165) is 12.8 Å². The number of hydrogen-bond acceptors (Lipinski definition) is 0. The van der Waals surface area contributed by atoms with Crippen molar-refractivity contribution in [2.45, 2.75) is 37.8 Å². The molecule has 0 saturated heterocycles. The zero-order valence-electron chi connectivity index (χ0n) is 4.98. The second kappa shape index (κ2) is 2.46. The fourth-order valence-corrected chi connectivity index (χ4v) is 1.13. The van der Waals surface area contributed by atoms with Gasteiger partial charge in [0.15, 0.2) is 0 Å². The molecule has 46 valence electrons. The summed E-state index contributed by atoms with van der Waals surface area (Å²) in [7, 11) is 0. The monoisotopic (exact) mass is 112 g/mol. The van der Waals surface area contributed by atoms with Gasteiger partial charge in [0.2, 0.25) is 0 Å². The van der Waals surface area contributed by atoms with Gasteiger partial charge in [0.25, 0.3) is 0 Å². The summed E-state index contributed by atoms with van der Waals surface area (Å²) in [6.07, 6.45) is 4.25. The Kier molecular flexibility index (Phi) is 1.86. The van der Waals surface area contributed by atoms with Crippen LogP contribution in [0.4, 0.5) is 0 Å². The van der Waals surface area contributed by atoms with E-state index in [9.17, 15) is 0 Å². The molecule has 1 aliphatic rings. The molecular weight excluding hydrogens is 100 g/mol. The van der Waals surface area contributed by atoms with Crippen molar-refractivity contribution in [3.63, 3.8) is 0 Å². The summed E-state index contributed by atoms with van der Waals surface area (Å²) >= 11 is 0. The van der Waals surface area contributed by atoms with Crippen LogP contribution >= 0.6 is 0 Å². The number of hydrogen-bond donors (Lipinski definition) is 0. The molecule has 0 aliphatic heterocycles. The molecule has 1 fully saturated rings. The average Bonchev–Trinajstić information content (AvgIpc) is 1.77. The SMILES string of the molecule is [NH]C1CCCCC1[NH]. The first-order valence-corrected chi connectivity index (χ1v) is 3.23. The molecule has 0 bridgehead atoms. The van der Waals surface area contributed by atoms with Crippen LogP contribution in [-0.2, 0) is 0 Å². The summed E-state index contributed by atoms with van der Waals surface area (Å²) in [6.45, 7) is 0. The van der Waals surface area contributed by atoms with E-state index in [2.05, 4.69) is 0 Å². The molecule has 0 spiro atoms. The van der Waals surface area contributed by atoms with Crippen molar-refractivity contribution in [3.8, 4) is 0 Å². The van der Waals surface area contributed by atoms with Crippen molar-refractivity contribution < 1.29 is 0 Å². The van der Waals surface area contributed by atoms with Crippen molar-refractivity contribution in [1.82, 2.24) is 11.5 Å². The Morgan fingerprint density at radius 1 is 0.875 bits per heavy atom. The third-order valence-corrected chi connectivity index (χ3v) is 1.77. The lowest BCUT2D eigenvalue weighted by Crippen LogP contribution is -2.31. The minimum Gasteiger partial charge on any atom is -0.253 e. The van der Waals surface area contributed by atoms with Crippen LogP contribution in [0.2, 0.25) is 0 Å². The van der Waals surface area contributed by atoms with Gasteiger partial charge in [0.05, 0.1) is 0 Å². The Labute approximate surface area is 50.2 Å². The third-order valence-electron chi connectivity index (χ3n) is 1.77. The second-order valence-electron chi connectivity index (χ2n) is 2.50. The first-order valence-electron chi connectivity index (χ1n) is 3.23. The summed E-state index contributed by atoms with van der Waals surface area (Å²) in [5.74, 6) is 0. The van der Waals surface area contributed by atoms with Crippen LogP contribution in [0.1, 0.15) is 25.7 Å². The van der Waals surface area contributed by atoms with E-state index >= 15 is 0 Å². The summed E-state index contributed by atoms with van der Waals surface area (Å²) in [6, 6.07) is -0.160. The number of nitrogens with one attached hydrogen (secondary N) is 2. The largest absolute Gasteiger partial charge is 0.253 e. The molecule has 2 heteroatoms. The van der Waals surface area contributed by atoms with Crippen LogP contribution in [-0.4, -0.2) is 12.1 Å². The minimum atomic E-state index is -0.0799. The van der Waals surface area contributed by atoms with Gasteiger partial charge in [0.1, 0.15) is 0 Å². The van der Waals surface area contributed by atoms with Crippen molar-refractivity contribution in [2.24, 2.45) is 0 Å². The van der Waals surface area contributed by atoms with Crippen LogP contribution in [0.25, 0.3) is 0 Å². The van der Waals surface area contributed by atoms with Crippen LogP contribution < -0.4 is 11.5 Å². The molecule has 2 atom stereocenters. The molecule has 2 unspecified atom stereocenters. The molecule has 1 saturated carbocycles. The predicted molar refractivity (Wildman–Crippen MR) is 32.2 cm³/mol. The van der Waals surface area contributed by atoms with Crippen LogP contribution in [0.3, 0.4) is 0 Å². The highest BCUT2D eigenvalue weighted by Crippen LogP contribution is 2.16. The van der Waals surface area contributed by atoms with Crippen LogP contribution in [0.5, 0.6) is 0 Å². The Hall–Kier alpha value is -0.0800. The molecule has 2 nitrogen and oxygen atoms in total. The lowest BCUT2D eigenvalue weighted by Gasteiger charge is -2.22. The molecule has 1 rings (SSSR count). The van der Waals surface area contributed by atoms with Crippen molar-refractivity contribution in [1.29, 1.82) is 0 Å². The normalized spacial score (nSPS) is 39.8. The third kappa shape index (κ3) is 1.20. The predicted octanol–water partition coefficient (Wildman–Crippen LogP) is 0.863. The van der Waals surface area contributed by atoms with E-state index in [1.54, 1.807) is 0 Å². The van der Waals surface area contributed by atoms with Crippen LogP contribution in [0, 0.1) is 0 Å². The van der Waals surface area contributed by atoms with Crippen LogP contribution in [0.15, 0.2) is 0 Å². The molecule has 0 aromatic rings. The van der Waals surface area contributed by atoms with Gasteiger partial charge in [-0.3, -0.25) is 11.5 Å².